The van der Waals surface area contributed by atoms with Crippen LogP contribution in [0.15, 0.2) is 46.3 Å². The molecule has 0 atom stereocenters. The highest BCUT2D eigenvalue weighted by atomic mass is 32.2. The molecule has 0 radical (unpaired) electrons. The fourth-order valence-corrected chi connectivity index (χ4v) is 2.73. The summed E-state index contributed by atoms with van der Waals surface area (Å²) in [5.41, 5.74) is 7.29. The van der Waals surface area contributed by atoms with Gasteiger partial charge in [-0.2, -0.15) is 0 Å². The van der Waals surface area contributed by atoms with E-state index in [1.54, 1.807) is 6.07 Å². The highest BCUT2D eigenvalue weighted by Crippen LogP contribution is 2.36. The largest absolute Gasteiger partial charge is 0.492 e. The number of amidine groups is 1. The van der Waals surface area contributed by atoms with Gasteiger partial charge in [0.15, 0.2) is 0 Å². The molecule has 4 nitrogen and oxygen atoms in total. The van der Waals surface area contributed by atoms with Crippen LogP contribution in [0.25, 0.3) is 0 Å². The molecule has 0 spiro atoms. The van der Waals surface area contributed by atoms with Gasteiger partial charge in [0, 0.05) is 16.7 Å². The number of hydrogen-bond donors (Lipinski definition) is 3. The summed E-state index contributed by atoms with van der Waals surface area (Å²) in [6, 6.07) is 9.75. The van der Waals surface area contributed by atoms with Gasteiger partial charge in [0.1, 0.15) is 5.84 Å². The van der Waals surface area contributed by atoms with Crippen LogP contribution in [-0.4, -0.2) is 15.9 Å². The van der Waals surface area contributed by atoms with Gasteiger partial charge in [0.05, 0.1) is 4.90 Å². The molecule has 0 saturated heterocycles. The van der Waals surface area contributed by atoms with Gasteiger partial charge in [0.25, 0.3) is 0 Å². The second kappa shape index (κ2) is 5.96. The zero-order valence-electron chi connectivity index (χ0n) is 11.4. The van der Waals surface area contributed by atoms with E-state index in [-0.39, 0.29) is 11.7 Å². The van der Waals surface area contributed by atoms with Gasteiger partial charge in [-0.05, 0) is 29.7 Å². The van der Waals surface area contributed by atoms with Crippen LogP contribution in [0.3, 0.4) is 0 Å². The molecule has 1 aromatic heterocycles. The monoisotopic (exact) mass is 287 g/mol. The average Bonchev–Trinajstić information content (AvgIpc) is 2.41. The van der Waals surface area contributed by atoms with E-state index in [4.69, 9.17) is 11.1 Å². The SMILES string of the molecule is CC(C)c1ccc(Sc2c(C(=N)N)ccnc2O)cc1. The second-order valence-electron chi connectivity index (χ2n) is 4.75. The molecule has 5 heteroatoms. The maximum absolute atomic E-state index is 9.86. The Hall–Kier alpha value is -2.01. The zero-order valence-corrected chi connectivity index (χ0v) is 12.2. The quantitative estimate of drug-likeness (QED) is 0.595. The van der Waals surface area contributed by atoms with Crippen molar-refractivity contribution < 1.29 is 5.11 Å². The van der Waals surface area contributed by atoms with Gasteiger partial charge in [0.2, 0.25) is 5.88 Å². The predicted octanol–water partition coefficient (Wildman–Crippen LogP) is 3.35. The Morgan fingerprint density at radius 3 is 2.45 bits per heavy atom. The third-order valence-electron chi connectivity index (χ3n) is 2.94. The van der Waals surface area contributed by atoms with Crippen LogP contribution in [0.2, 0.25) is 0 Å². The Morgan fingerprint density at radius 2 is 1.90 bits per heavy atom. The van der Waals surface area contributed by atoms with Crippen molar-refractivity contribution in [2.45, 2.75) is 29.6 Å². The highest BCUT2D eigenvalue weighted by molar-refractivity contribution is 7.99. The molecule has 0 bridgehead atoms. The lowest BCUT2D eigenvalue weighted by Crippen LogP contribution is -2.12. The molecule has 104 valence electrons. The van der Waals surface area contributed by atoms with Crippen molar-refractivity contribution in [3.8, 4) is 5.88 Å². The van der Waals surface area contributed by atoms with E-state index in [1.165, 1.54) is 23.5 Å². The lowest BCUT2D eigenvalue weighted by molar-refractivity contribution is 0.439. The van der Waals surface area contributed by atoms with Crippen molar-refractivity contribution in [2.24, 2.45) is 5.73 Å². The Morgan fingerprint density at radius 1 is 1.25 bits per heavy atom. The Balaban J connectivity index is 2.32. The number of aromatic hydroxyl groups is 1. The molecule has 2 aromatic rings. The van der Waals surface area contributed by atoms with Crippen LogP contribution in [0.5, 0.6) is 5.88 Å². The first-order valence-electron chi connectivity index (χ1n) is 6.29. The maximum atomic E-state index is 9.86. The first-order chi connectivity index (χ1) is 9.49. The Bertz CT molecular complexity index is 624. The minimum Gasteiger partial charge on any atom is -0.492 e. The highest BCUT2D eigenvalue weighted by Gasteiger charge is 2.13. The molecular formula is C15H17N3OS. The third kappa shape index (κ3) is 3.11. The van der Waals surface area contributed by atoms with Crippen LogP contribution in [0, 0.1) is 5.41 Å². The third-order valence-corrected chi connectivity index (χ3v) is 4.06. The molecule has 0 unspecified atom stereocenters. The number of aromatic nitrogens is 1. The minimum absolute atomic E-state index is 0.0796. The standard InChI is InChI=1S/C15H17N3OS/c1-9(2)10-3-5-11(6-4-10)20-13-12(14(16)17)7-8-18-15(13)19/h3-9H,1-2H3,(H3,16,17)(H,18,19). The molecule has 2 rings (SSSR count). The zero-order chi connectivity index (χ0) is 14.7. The smallest absolute Gasteiger partial charge is 0.225 e. The van der Waals surface area contributed by atoms with E-state index in [0.29, 0.717) is 16.4 Å². The Kier molecular flexibility index (Phi) is 4.29. The second-order valence-corrected chi connectivity index (χ2v) is 5.83. The number of nitrogen functional groups attached to an aromatic ring is 1. The minimum atomic E-state index is -0.101. The predicted molar refractivity (Wildman–Crippen MR) is 81.6 cm³/mol. The summed E-state index contributed by atoms with van der Waals surface area (Å²) in [6.45, 7) is 4.28. The van der Waals surface area contributed by atoms with Crippen LogP contribution in [0.1, 0.15) is 30.9 Å². The first kappa shape index (κ1) is 14.4. The summed E-state index contributed by atoms with van der Waals surface area (Å²) in [5, 5.41) is 17.4. The van der Waals surface area contributed by atoms with E-state index in [2.05, 4.69) is 31.0 Å². The van der Waals surface area contributed by atoms with Crippen molar-refractivity contribution in [2.75, 3.05) is 0 Å². The summed E-state index contributed by atoms with van der Waals surface area (Å²) in [6.07, 6.45) is 1.44. The van der Waals surface area contributed by atoms with Gasteiger partial charge >= 0.3 is 0 Å². The summed E-state index contributed by atoms with van der Waals surface area (Å²) in [5.74, 6) is 0.299. The van der Waals surface area contributed by atoms with Gasteiger partial charge in [-0.25, -0.2) is 4.98 Å². The molecule has 0 saturated carbocycles. The van der Waals surface area contributed by atoms with Crippen LogP contribution < -0.4 is 5.73 Å². The average molecular weight is 287 g/mol. The summed E-state index contributed by atoms with van der Waals surface area (Å²) in [7, 11) is 0. The van der Waals surface area contributed by atoms with Crippen molar-refractivity contribution in [3.63, 3.8) is 0 Å². The van der Waals surface area contributed by atoms with Gasteiger partial charge < -0.3 is 10.8 Å². The number of rotatable bonds is 4. The molecule has 20 heavy (non-hydrogen) atoms. The molecule has 0 aliphatic rings. The Labute approximate surface area is 122 Å². The van der Waals surface area contributed by atoms with Gasteiger partial charge in [-0.15, -0.1) is 0 Å². The van der Waals surface area contributed by atoms with E-state index in [0.717, 1.165) is 4.90 Å². The number of nitrogens with one attached hydrogen (secondary N) is 1. The van der Waals surface area contributed by atoms with Crippen LogP contribution in [0.4, 0.5) is 0 Å². The summed E-state index contributed by atoms with van der Waals surface area (Å²) < 4.78 is 0. The van der Waals surface area contributed by atoms with Crippen molar-refractivity contribution in [1.29, 1.82) is 5.41 Å². The van der Waals surface area contributed by atoms with Crippen molar-refractivity contribution >= 4 is 17.6 Å². The fourth-order valence-electron chi connectivity index (χ4n) is 1.79. The van der Waals surface area contributed by atoms with E-state index in [9.17, 15) is 5.11 Å². The number of benzene rings is 1. The molecular weight excluding hydrogens is 270 g/mol. The molecule has 0 fully saturated rings. The molecule has 0 aliphatic heterocycles. The topological polar surface area (TPSA) is 83.0 Å². The number of pyridine rings is 1. The molecule has 4 N–H and O–H groups in total. The number of nitrogens with zero attached hydrogens (tertiary/aromatic N) is 1. The summed E-state index contributed by atoms with van der Waals surface area (Å²) >= 11 is 1.36. The van der Waals surface area contributed by atoms with Crippen LogP contribution in [-0.2, 0) is 0 Å². The van der Waals surface area contributed by atoms with E-state index >= 15 is 0 Å². The number of hydrogen-bond acceptors (Lipinski definition) is 4. The lowest BCUT2D eigenvalue weighted by Gasteiger charge is -2.10. The molecule has 0 aliphatic carbocycles. The lowest BCUT2D eigenvalue weighted by atomic mass is 10.0. The first-order valence-corrected chi connectivity index (χ1v) is 7.11. The normalized spacial score (nSPS) is 10.8. The van der Waals surface area contributed by atoms with Gasteiger partial charge in [-0.1, -0.05) is 37.7 Å². The maximum Gasteiger partial charge on any atom is 0.225 e. The van der Waals surface area contributed by atoms with Crippen molar-refractivity contribution in [3.05, 3.63) is 47.7 Å². The summed E-state index contributed by atoms with van der Waals surface area (Å²) in [4.78, 5) is 5.33. The van der Waals surface area contributed by atoms with Crippen LogP contribution >= 0.6 is 11.8 Å². The number of nitrogens with two attached hydrogens (primary N) is 1. The van der Waals surface area contributed by atoms with Crippen molar-refractivity contribution in [1.82, 2.24) is 4.98 Å². The fraction of sp³-hybridized carbons (Fsp3) is 0.200. The molecule has 0 amide bonds. The van der Waals surface area contributed by atoms with Gasteiger partial charge in [-0.3, -0.25) is 5.41 Å². The molecule has 1 heterocycles. The molecule has 1 aromatic carbocycles. The van der Waals surface area contributed by atoms with E-state index < -0.39 is 0 Å². The van der Waals surface area contributed by atoms with E-state index in [1.807, 2.05) is 12.1 Å².